The number of carbonyl (C=O) groups excluding carboxylic acids is 2. The van der Waals surface area contributed by atoms with Gasteiger partial charge in [0.25, 0.3) is 11.1 Å². The van der Waals surface area contributed by atoms with Crippen molar-refractivity contribution < 1.29 is 14.3 Å². The number of amides is 1. The first kappa shape index (κ1) is 18.1. The van der Waals surface area contributed by atoms with E-state index in [2.05, 4.69) is 10.4 Å². The zero-order valence-corrected chi connectivity index (χ0v) is 14.5. The van der Waals surface area contributed by atoms with Crippen LogP contribution in [-0.2, 0) is 16.1 Å². The van der Waals surface area contributed by atoms with Crippen molar-refractivity contribution in [3.8, 4) is 0 Å². The molecule has 0 aliphatic heterocycles. The lowest BCUT2D eigenvalue weighted by Crippen LogP contribution is -2.34. The predicted molar refractivity (Wildman–Crippen MR) is 99.9 cm³/mol. The van der Waals surface area contributed by atoms with Crippen LogP contribution >= 0.6 is 0 Å². The van der Waals surface area contributed by atoms with Crippen LogP contribution in [0.15, 0.2) is 58.1 Å². The number of nitrogens with one attached hydrogen (secondary N) is 2. The van der Waals surface area contributed by atoms with Crippen molar-refractivity contribution in [2.75, 3.05) is 11.9 Å². The number of anilines is 1. The molecular weight excluding hydrogens is 350 g/mol. The minimum Gasteiger partial charge on any atom is -0.462 e. The van der Waals surface area contributed by atoms with Crippen molar-refractivity contribution >= 4 is 28.3 Å². The molecule has 1 amide bonds. The summed E-state index contributed by atoms with van der Waals surface area (Å²) in [4.78, 5) is 48.5. The highest BCUT2D eigenvalue weighted by Crippen LogP contribution is 2.12. The van der Waals surface area contributed by atoms with Gasteiger partial charge in [0.05, 0.1) is 22.9 Å². The smallest absolute Gasteiger partial charge is 0.338 e. The second kappa shape index (κ2) is 7.69. The van der Waals surface area contributed by atoms with E-state index in [1.165, 1.54) is 12.1 Å². The fraction of sp³-hybridized carbons (Fsp3) is 0.158. The van der Waals surface area contributed by atoms with Crippen LogP contribution in [0.5, 0.6) is 0 Å². The number of H-pyrrole nitrogens is 1. The summed E-state index contributed by atoms with van der Waals surface area (Å²) in [5.74, 6) is -1.02. The number of fused-ring (bicyclic) bond motifs is 1. The maximum atomic E-state index is 12.4. The molecule has 8 nitrogen and oxygen atoms in total. The number of hydrogen-bond acceptors (Lipinski definition) is 5. The summed E-state index contributed by atoms with van der Waals surface area (Å²) in [7, 11) is 0. The molecule has 2 aromatic carbocycles. The quantitative estimate of drug-likeness (QED) is 0.664. The highest BCUT2D eigenvalue weighted by molar-refractivity contribution is 5.94. The average molecular weight is 367 g/mol. The first-order valence-electron chi connectivity index (χ1n) is 8.28. The Bertz CT molecular complexity index is 1130. The van der Waals surface area contributed by atoms with Crippen LogP contribution < -0.4 is 16.4 Å². The molecule has 138 valence electrons. The summed E-state index contributed by atoms with van der Waals surface area (Å²) in [5.41, 5.74) is -0.254. The lowest BCUT2D eigenvalue weighted by molar-refractivity contribution is -0.117. The molecule has 1 heterocycles. The average Bonchev–Trinajstić information content (AvgIpc) is 2.66. The molecule has 0 unspecified atom stereocenters. The molecule has 0 saturated heterocycles. The Morgan fingerprint density at radius 2 is 1.81 bits per heavy atom. The van der Waals surface area contributed by atoms with Crippen LogP contribution in [0.1, 0.15) is 17.3 Å². The van der Waals surface area contributed by atoms with E-state index in [9.17, 15) is 19.2 Å². The topological polar surface area (TPSA) is 110 Å². The Hall–Kier alpha value is -3.68. The lowest BCUT2D eigenvalue weighted by Gasteiger charge is -2.09. The van der Waals surface area contributed by atoms with Crippen LogP contribution in [0, 0.1) is 0 Å². The van der Waals surface area contributed by atoms with Crippen LogP contribution in [0.3, 0.4) is 0 Å². The largest absolute Gasteiger partial charge is 0.462 e. The Morgan fingerprint density at radius 1 is 1.07 bits per heavy atom. The Morgan fingerprint density at radius 3 is 2.56 bits per heavy atom. The third kappa shape index (κ3) is 3.95. The molecular formula is C19H17N3O5. The number of hydrogen-bond donors (Lipinski definition) is 2. The summed E-state index contributed by atoms with van der Waals surface area (Å²) >= 11 is 0. The van der Waals surface area contributed by atoms with Crippen molar-refractivity contribution in [2.24, 2.45) is 0 Å². The summed E-state index contributed by atoms with van der Waals surface area (Å²) in [6.45, 7) is 1.57. The van der Waals surface area contributed by atoms with E-state index in [0.717, 1.165) is 4.68 Å². The van der Waals surface area contributed by atoms with Crippen molar-refractivity contribution in [1.82, 2.24) is 9.78 Å². The molecule has 0 spiro atoms. The van der Waals surface area contributed by atoms with Crippen molar-refractivity contribution in [1.29, 1.82) is 0 Å². The molecule has 8 heteroatoms. The third-order valence-corrected chi connectivity index (χ3v) is 3.84. The molecule has 2 N–H and O–H groups in total. The molecule has 0 atom stereocenters. The number of nitrogens with zero attached hydrogens (tertiary/aromatic N) is 1. The van der Waals surface area contributed by atoms with Gasteiger partial charge in [-0.3, -0.25) is 19.5 Å². The van der Waals surface area contributed by atoms with E-state index in [1.807, 2.05) is 0 Å². The lowest BCUT2D eigenvalue weighted by atomic mass is 10.2. The van der Waals surface area contributed by atoms with Gasteiger partial charge in [0.1, 0.15) is 6.54 Å². The van der Waals surface area contributed by atoms with Crippen LogP contribution in [0.25, 0.3) is 10.8 Å². The highest BCUT2D eigenvalue weighted by atomic mass is 16.5. The molecule has 27 heavy (non-hydrogen) atoms. The molecule has 0 radical (unpaired) electrons. The van der Waals surface area contributed by atoms with Gasteiger partial charge in [0.15, 0.2) is 0 Å². The van der Waals surface area contributed by atoms with E-state index < -0.39 is 23.0 Å². The van der Waals surface area contributed by atoms with E-state index in [-0.39, 0.29) is 23.9 Å². The van der Waals surface area contributed by atoms with Gasteiger partial charge in [0.2, 0.25) is 5.91 Å². The first-order valence-corrected chi connectivity index (χ1v) is 8.28. The maximum absolute atomic E-state index is 12.4. The van der Waals surface area contributed by atoms with Crippen molar-refractivity contribution in [3.05, 3.63) is 74.8 Å². The standard InChI is InChI=1S/C19H17N3O5/c1-2-27-19(26)12-6-5-7-13(10-12)20-16(23)11-22-18(25)15-9-4-3-8-14(15)17(24)21-22/h3-10H,2,11H2,1H3,(H,20,23)(H,21,24). The molecule has 3 rings (SSSR count). The summed E-state index contributed by atoms with van der Waals surface area (Å²) < 4.78 is 5.87. The SMILES string of the molecule is CCOC(=O)c1cccc(NC(=O)Cn2[nH]c(=O)c3ccccc3c2=O)c1. The number of ether oxygens (including phenoxy) is 1. The van der Waals surface area contributed by atoms with Gasteiger partial charge in [-0.15, -0.1) is 0 Å². The number of rotatable bonds is 5. The van der Waals surface area contributed by atoms with Gasteiger partial charge < -0.3 is 10.1 Å². The predicted octanol–water partition coefficient (Wildman–Crippen LogP) is 1.51. The fourth-order valence-electron chi connectivity index (χ4n) is 2.64. The van der Waals surface area contributed by atoms with E-state index in [4.69, 9.17) is 4.74 Å². The number of benzene rings is 2. The molecule has 0 aliphatic rings. The zero-order valence-electron chi connectivity index (χ0n) is 14.5. The Balaban J connectivity index is 1.81. The van der Waals surface area contributed by atoms with Gasteiger partial charge in [0, 0.05) is 5.69 Å². The van der Waals surface area contributed by atoms with Crippen molar-refractivity contribution in [3.63, 3.8) is 0 Å². The number of esters is 1. The molecule has 0 bridgehead atoms. The second-order valence-electron chi connectivity index (χ2n) is 5.73. The second-order valence-corrected chi connectivity index (χ2v) is 5.73. The van der Waals surface area contributed by atoms with Gasteiger partial charge in [-0.25, -0.2) is 9.48 Å². The fourth-order valence-corrected chi connectivity index (χ4v) is 2.64. The summed E-state index contributed by atoms with van der Waals surface area (Å²) in [5, 5.41) is 5.49. The van der Waals surface area contributed by atoms with Crippen LogP contribution in [-0.4, -0.2) is 28.3 Å². The molecule has 0 fully saturated rings. The van der Waals surface area contributed by atoms with Gasteiger partial charge in [-0.05, 0) is 37.3 Å². The van der Waals surface area contributed by atoms with Crippen LogP contribution in [0.2, 0.25) is 0 Å². The monoisotopic (exact) mass is 367 g/mol. The molecule has 0 aliphatic carbocycles. The summed E-state index contributed by atoms with van der Waals surface area (Å²) in [6.07, 6.45) is 0. The highest BCUT2D eigenvalue weighted by Gasteiger charge is 2.12. The molecule has 1 aromatic heterocycles. The minimum atomic E-state index is -0.524. The maximum Gasteiger partial charge on any atom is 0.338 e. The van der Waals surface area contributed by atoms with Gasteiger partial charge in [-0.2, -0.15) is 0 Å². The molecule has 0 saturated carbocycles. The normalized spacial score (nSPS) is 10.6. The Kier molecular flexibility index (Phi) is 5.16. The Labute approximate surface area is 153 Å². The number of aromatic amines is 1. The first-order chi connectivity index (χ1) is 13.0. The van der Waals surface area contributed by atoms with E-state index in [0.29, 0.717) is 11.3 Å². The molecule has 3 aromatic rings. The zero-order chi connectivity index (χ0) is 19.4. The summed E-state index contributed by atoms with van der Waals surface area (Å²) in [6, 6.07) is 12.6. The van der Waals surface area contributed by atoms with Gasteiger partial charge >= 0.3 is 5.97 Å². The van der Waals surface area contributed by atoms with Crippen molar-refractivity contribution in [2.45, 2.75) is 13.5 Å². The van der Waals surface area contributed by atoms with E-state index in [1.54, 1.807) is 43.3 Å². The third-order valence-electron chi connectivity index (χ3n) is 3.84. The minimum absolute atomic E-state index is 0.235. The van der Waals surface area contributed by atoms with Crippen LogP contribution in [0.4, 0.5) is 5.69 Å². The number of carbonyl (C=O) groups is 2. The van der Waals surface area contributed by atoms with E-state index >= 15 is 0 Å². The number of aromatic nitrogens is 2. The van der Waals surface area contributed by atoms with Gasteiger partial charge in [-0.1, -0.05) is 18.2 Å².